The van der Waals surface area contributed by atoms with Crippen LogP contribution < -0.4 is 0 Å². The van der Waals surface area contributed by atoms with Gasteiger partial charge in [-0.2, -0.15) is 0 Å². The Labute approximate surface area is 88.9 Å². The van der Waals surface area contributed by atoms with Crippen LogP contribution in [-0.4, -0.2) is 35.5 Å². The van der Waals surface area contributed by atoms with Crippen molar-refractivity contribution < 1.29 is 14.3 Å². The van der Waals surface area contributed by atoms with Crippen molar-refractivity contribution in [2.24, 2.45) is 0 Å². The lowest BCUT2D eigenvalue weighted by Gasteiger charge is -2.28. The van der Waals surface area contributed by atoms with Crippen LogP contribution in [0.2, 0.25) is 0 Å². The molecule has 0 N–H and O–H groups in total. The van der Waals surface area contributed by atoms with Gasteiger partial charge in [-0.1, -0.05) is 5.57 Å². The van der Waals surface area contributed by atoms with Gasteiger partial charge >= 0.3 is 5.97 Å². The van der Waals surface area contributed by atoms with Gasteiger partial charge < -0.3 is 9.64 Å². The third kappa shape index (κ3) is 1.35. The Kier molecular flexibility index (Phi) is 2.29. The summed E-state index contributed by atoms with van der Waals surface area (Å²) in [7, 11) is 0. The molecular formula is C11H15NO3. The van der Waals surface area contributed by atoms with Crippen molar-refractivity contribution in [3.05, 3.63) is 11.6 Å². The summed E-state index contributed by atoms with van der Waals surface area (Å²) in [5, 5.41) is 0. The zero-order valence-electron chi connectivity index (χ0n) is 9.08. The Bertz CT molecular complexity index is 348. The summed E-state index contributed by atoms with van der Waals surface area (Å²) >= 11 is 0. The van der Waals surface area contributed by atoms with E-state index in [1.807, 2.05) is 13.0 Å². The van der Waals surface area contributed by atoms with Crippen LogP contribution in [0.25, 0.3) is 0 Å². The van der Waals surface area contributed by atoms with E-state index in [0.717, 1.165) is 5.57 Å². The van der Waals surface area contributed by atoms with Gasteiger partial charge in [-0.3, -0.25) is 4.79 Å². The van der Waals surface area contributed by atoms with Crippen molar-refractivity contribution in [3.8, 4) is 0 Å². The Hall–Kier alpha value is -1.32. The molecule has 2 aliphatic heterocycles. The second-order valence-corrected chi connectivity index (χ2v) is 4.12. The summed E-state index contributed by atoms with van der Waals surface area (Å²) in [6.45, 7) is 4.64. The molecule has 4 heteroatoms. The third-order valence-corrected chi connectivity index (χ3v) is 3.02. The summed E-state index contributed by atoms with van der Waals surface area (Å²) in [5.74, 6) is -0.233. The number of esters is 1. The molecule has 0 aliphatic carbocycles. The fourth-order valence-corrected chi connectivity index (χ4v) is 2.40. The Morgan fingerprint density at radius 3 is 3.07 bits per heavy atom. The molecule has 15 heavy (non-hydrogen) atoms. The highest BCUT2D eigenvalue weighted by molar-refractivity contribution is 5.95. The van der Waals surface area contributed by atoms with E-state index in [1.165, 1.54) is 0 Å². The topological polar surface area (TPSA) is 46.6 Å². The van der Waals surface area contributed by atoms with Crippen LogP contribution in [0.1, 0.15) is 26.7 Å². The molecule has 4 nitrogen and oxygen atoms in total. The maximum absolute atomic E-state index is 11.9. The Balaban J connectivity index is 2.31. The molecule has 2 heterocycles. The maximum Gasteiger partial charge on any atom is 0.336 e. The van der Waals surface area contributed by atoms with Crippen LogP contribution in [0, 0.1) is 0 Å². The van der Waals surface area contributed by atoms with Crippen molar-refractivity contribution in [2.75, 3.05) is 13.2 Å². The van der Waals surface area contributed by atoms with Crippen LogP contribution in [0.4, 0.5) is 0 Å². The highest BCUT2D eigenvalue weighted by atomic mass is 16.5. The molecule has 0 aromatic carbocycles. The number of ether oxygens (including phenoxy) is 1. The lowest BCUT2D eigenvalue weighted by Crippen LogP contribution is -2.48. The third-order valence-electron chi connectivity index (χ3n) is 3.02. The van der Waals surface area contributed by atoms with Crippen LogP contribution in [-0.2, 0) is 14.3 Å². The zero-order valence-corrected chi connectivity index (χ0v) is 9.08. The Morgan fingerprint density at radius 2 is 2.40 bits per heavy atom. The molecule has 0 spiro atoms. The van der Waals surface area contributed by atoms with E-state index >= 15 is 0 Å². The predicted octanol–water partition coefficient (Wildman–Crippen LogP) is 0.871. The van der Waals surface area contributed by atoms with E-state index in [1.54, 1.807) is 11.8 Å². The van der Waals surface area contributed by atoms with Crippen LogP contribution in [0.15, 0.2) is 11.6 Å². The van der Waals surface area contributed by atoms with Gasteiger partial charge in [-0.15, -0.1) is 0 Å². The SMILES string of the molecule is CCOC(=O)C12C=C(C)CN1C(=O)CC2. The van der Waals surface area contributed by atoms with E-state index in [4.69, 9.17) is 4.74 Å². The molecule has 0 bridgehead atoms. The normalized spacial score (nSPS) is 29.1. The van der Waals surface area contributed by atoms with Gasteiger partial charge in [0.25, 0.3) is 0 Å². The van der Waals surface area contributed by atoms with Gasteiger partial charge in [-0.25, -0.2) is 4.79 Å². The molecule has 1 fully saturated rings. The molecule has 1 amide bonds. The predicted molar refractivity (Wildman–Crippen MR) is 54.1 cm³/mol. The second kappa shape index (κ2) is 3.36. The van der Waals surface area contributed by atoms with Crippen molar-refractivity contribution in [1.29, 1.82) is 0 Å². The summed E-state index contributed by atoms with van der Waals surface area (Å²) in [6.07, 6.45) is 2.89. The van der Waals surface area contributed by atoms with E-state index < -0.39 is 5.54 Å². The standard InChI is InChI=1S/C11H15NO3/c1-3-15-10(14)11-5-4-9(13)12(11)7-8(2)6-11/h6H,3-5,7H2,1-2H3. The molecule has 2 aliphatic rings. The van der Waals surface area contributed by atoms with Crippen molar-refractivity contribution in [3.63, 3.8) is 0 Å². The van der Waals surface area contributed by atoms with Crippen molar-refractivity contribution in [2.45, 2.75) is 32.2 Å². The first kappa shape index (κ1) is 10.2. The fourth-order valence-electron chi connectivity index (χ4n) is 2.40. The Morgan fingerprint density at radius 1 is 1.67 bits per heavy atom. The highest BCUT2D eigenvalue weighted by Gasteiger charge is 2.53. The van der Waals surface area contributed by atoms with E-state index in [2.05, 4.69) is 0 Å². The number of amides is 1. The molecule has 0 saturated carbocycles. The number of nitrogens with zero attached hydrogens (tertiary/aromatic N) is 1. The summed E-state index contributed by atoms with van der Waals surface area (Å²) in [5.41, 5.74) is 0.285. The highest BCUT2D eigenvalue weighted by Crippen LogP contribution is 2.38. The zero-order chi connectivity index (χ0) is 11.1. The van der Waals surface area contributed by atoms with Gasteiger partial charge in [0.05, 0.1) is 6.61 Å². The maximum atomic E-state index is 11.9. The van der Waals surface area contributed by atoms with Crippen molar-refractivity contribution >= 4 is 11.9 Å². The first-order chi connectivity index (χ1) is 7.10. The minimum absolute atomic E-state index is 0.0520. The monoisotopic (exact) mass is 209 g/mol. The average molecular weight is 209 g/mol. The summed E-state index contributed by atoms with van der Waals surface area (Å²) in [4.78, 5) is 25.1. The number of fused-ring (bicyclic) bond motifs is 1. The molecule has 1 unspecified atom stereocenters. The molecule has 0 radical (unpaired) electrons. The molecule has 82 valence electrons. The van der Waals surface area contributed by atoms with Crippen LogP contribution in [0.3, 0.4) is 0 Å². The molecule has 1 saturated heterocycles. The van der Waals surface area contributed by atoms with E-state index in [0.29, 0.717) is 26.0 Å². The summed E-state index contributed by atoms with van der Waals surface area (Å²) in [6, 6.07) is 0. The smallest absolute Gasteiger partial charge is 0.336 e. The van der Waals surface area contributed by atoms with Crippen LogP contribution in [0.5, 0.6) is 0 Å². The minimum Gasteiger partial charge on any atom is -0.464 e. The number of carbonyl (C=O) groups excluding carboxylic acids is 2. The first-order valence-corrected chi connectivity index (χ1v) is 5.26. The van der Waals surface area contributed by atoms with Crippen molar-refractivity contribution in [1.82, 2.24) is 4.90 Å². The number of rotatable bonds is 2. The van der Waals surface area contributed by atoms with Gasteiger partial charge in [-0.05, 0) is 26.3 Å². The van der Waals surface area contributed by atoms with Crippen LogP contribution >= 0.6 is 0 Å². The summed E-state index contributed by atoms with van der Waals surface area (Å²) < 4.78 is 5.05. The second-order valence-electron chi connectivity index (χ2n) is 4.12. The molecular weight excluding hydrogens is 194 g/mol. The lowest BCUT2D eigenvalue weighted by molar-refractivity contribution is -0.155. The van der Waals surface area contributed by atoms with Gasteiger partial charge in [0.2, 0.25) is 5.91 Å². The van der Waals surface area contributed by atoms with E-state index in [9.17, 15) is 9.59 Å². The lowest BCUT2D eigenvalue weighted by atomic mass is 9.97. The average Bonchev–Trinajstić information content (AvgIpc) is 2.66. The molecule has 0 aromatic rings. The number of hydrogen-bond acceptors (Lipinski definition) is 3. The molecule has 1 atom stereocenters. The minimum atomic E-state index is -0.781. The van der Waals surface area contributed by atoms with Gasteiger partial charge in [0.1, 0.15) is 0 Å². The quantitative estimate of drug-likeness (QED) is 0.501. The molecule has 2 rings (SSSR count). The largest absolute Gasteiger partial charge is 0.464 e. The van der Waals surface area contributed by atoms with Gasteiger partial charge in [0, 0.05) is 13.0 Å². The first-order valence-electron chi connectivity index (χ1n) is 5.26. The van der Waals surface area contributed by atoms with Gasteiger partial charge in [0.15, 0.2) is 5.54 Å². The molecule has 0 aromatic heterocycles. The fraction of sp³-hybridized carbons (Fsp3) is 0.636. The van der Waals surface area contributed by atoms with E-state index in [-0.39, 0.29) is 11.9 Å². The number of hydrogen-bond donors (Lipinski definition) is 0. The number of carbonyl (C=O) groups is 2.